The van der Waals surface area contributed by atoms with E-state index in [-0.39, 0.29) is 25.8 Å². The number of allylic oxidation sites excluding steroid dienone is 10. The summed E-state index contributed by atoms with van der Waals surface area (Å²) in [6, 6.07) is 0. The minimum Gasteiger partial charge on any atom is -0.756 e. The van der Waals surface area contributed by atoms with Crippen LogP contribution in [0.2, 0.25) is 0 Å². The first-order valence-corrected chi connectivity index (χ1v) is 23.0. The predicted octanol–water partition coefficient (Wildman–Crippen LogP) is 11.9. The predicted molar refractivity (Wildman–Crippen MR) is 226 cm³/mol. The normalized spacial score (nSPS) is 14.4. The molecule has 2 unspecified atom stereocenters. The van der Waals surface area contributed by atoms with Crippen molar-refractivity contribution in [2.24, 2.45) is 0 Å². The Kier molecular flexibility index (Phi) is 36.8. The quantitative estimate of drug-likeness (QED) is 0.0202. The maximum Gasteiger partial charge on any atom is 0.306 e. The Morgan fingerprint density at radius 1 is 0.593 bits per heavy atom. The minimum absolute atomic E-state index is 0.0226. The number of unbranched alkanes of at least 4 members (excludes halogenated alkanes) is 15. The molecule has 0 aromatic heterocycles. The fourth-order valence-corrected chi connectivity index (χ4v) is 6.24. The van der Waals surface area contributed by atoms with Crippen LogP contribution in [0.25, 0.3) is 0 Å². The lowest BCUT2D eigenvalue weighted by atomic mass is 10.1. The van der Waals surface area contributed by atoms with Gasteiger partial charge in [0.2, 0.25) is 0 Å². The molecule has 0 rings (SSSR count). The molecule has 0 amide bonds. The second-order valence-corrected chi connectivity index (χ2v) is 16.7. The third-order valence-corrected chi connectivity index (χ3v) is 9.80. The van der Waals surface area contributed by atoms with Crippen LogP contribution in [0.3, 0.4) is 0 Å². The number of nitrogens with zero attached hydrogens (tertiary/aromatic N) is 1. The summed E-state index contributed by atoms with van der Waals surface area (Å²) in [5.41, 5.74) is 0. The average molecular weight is 780 g/mol. The zero-order valence-electron chi connectivity index (χ0n) is 35.4. The monoisotopic (exact) mass is 780 g/mol. The standard InChI is InChI=1S/C45H82NO7P/c1-6-8-10-12-14-16-17-18-19-20-21-22-23-24-25-26-27-28-29-30-31-33-35-37-40-50-42-44(43-52-54(48,49)51-41-39-46(3,4)5)53-45(47)38-36-34-32-15-13-11-9-7-2/h8,10,14,16,18-19,21-22,24-25,44H,6-7,9,11-13,15,17,20,23,26-43H2,1-5H3/b10-8-,16-14-,19-18-,22-21-,25-24-. The van der Waals surface area contributed by atoms with Crippen LogP contribution in [0, 0.1) is 0 Å². The van der Waals surface area contributed by atoms with E-state index in [1.54, 1.807) is 0 Å². The molecule has 0 aliphatic rings. The van der Waals surface area contributed by atoms with Crippen molar-refractivity contribution in [2.45, 2.75) is 168 Å². The Labute approximate surface area is 332 Å². The van der Waals surface area contributed by atoms with Gasteiger partial charge in [0.05, 0.1) is 34.4 Å². The molecular formula is C45H82NO7P. The summed E-state index contributed by atoms with van der Waals surface area (Å²) < 4.78 is 34.4. The molecule has 0 aliphatic heterocycles. The number of phosphoric ester groups is 1. The molecule has 8 nitrogen and oxygen atoms in total. The lowest BCUT2D eigenvalue weighted by Crippen LogP contribution is -2.37. The number of ether oxygens (including phenoxy) is 2. The van der Waals surface area contributed by atoms with Crippen molar-refractivity contribution in [1.82, 2.24) is 0 Å². The van der Waals surface area contributed by atoms with Gasteiger partial charge in [-0.1, -0.05) is 158 Å². The Hall–Kier alpha value is -1.80. The number of carbonyl (C=O) groups excluding carboxylic acids is 1. The maximum absolute atomic E-state index is 12.6. The van der Waals surface area contributed by atoms with Crippen molar-refractivity contribution in [3.63, 3.8) is 0 Å². The Balaban J connectivity index is 4.11. The summed E-state index contributed by atoms with van der Waals surface area (Å²) in [4.78, 5) is 24.9. The summed E-state index contributed by atoms with van der Waals surface area (Å²) in [5.74, 6) is -0.345. The first-order valence-electron chi connectivity index (χ1n) is 21.5. The maximum atomic E-state index is 12.6. The van der Waals surface area contributed by atoms with Crippen molar-refractivity contribution in [3.8, 4) is 0 Å². The number of quaternary nitrogens is 1. The van der Waals surface area contributed by atoms with Crippen molar-refractivity contribution in [1.29, 1.82) is 0 Å². The smallest absolute Gasteiger partial charge is 0.306 e. The zero-order valence-corrected chi connectivity index (χ0v) is 36.3. The topological polar surface area (TPSA) is 94.1 Å². The lowest BCUT2D eigenvalue weighted by molar-refractivity contribution is -0.870. The highest BCUT2D eigenvalue weighted by Crippen LogP contribution is 2.38. The van der Waals surface area contributed by atoms with Gasteiger partial charge in [0.25, 0.3) is 7.82 Å². The third kappa shape index (κ3) is 41.4. The molecule has 0 radical (unpaired) electrons. The molecule has 0 aromatic carbocycles. The van der Waals surface area contributed by atoms with Gasteiger partial charge in [-0.05, 0) is 57.8 Å². The van der Waals surface area contributed by atoms with E-state index in [4.69, 9.17) is 18.5 Å². The second kappa shape index (κ2) is 38.1. The van der Waals surface area contributed by atoms with Crippen LogP contribution < -0.4 is 4.89 Å². The number of esters is 1. The Morgan fingerprint density at radius 2 is 1.07 bits per heavy atom. The van der Waals surface area contributed by atoms with E-state index in [0.717, 1.165) is 70.6 Å². The molecule has 0 fully saturated rings. The SMILES string of the molecule is CC/C=C\C/C=C\C/C=C\C/C=C\C/C=C\CCCCCCCCCCOCC(COP(=O)([O-])OCC[N+](C)(C)C)OC(=O)CCCCCCCCCC. The fraction of sp³-hybridized carbons (Fsp3) is 0.756. The summed E-state index contributed by atoms with van der Waals surface area (Å²) >= 11 is 0. The van der Waals surface area contributed by atoms with Gasteiger partial charge >= 0.3 is 5.97 Å². The summed E-state index contributed by atoms with van der Waals surface area (Å²) in [7, 11) is 1.34. The molecule has 0 bridgehead atoms. The highest BCUT2D eigenvalue weighted by molar-refractivity contribution is 7.45. The molecule has 0 spiro atoms. The molecule has 0 saturated carbocycles. The molecule has 2 atom stereocenters. The molecule has 314 valence electrons. The highest BCUT2D eigenvalue weighted by Gasteiger charge is 2.20. The highest BCUT2D eigenvalue weighted by atomic mass is 31.2. The number of carbonyl (C=O) groups is 1. The molecule has 0 saturated heterocycles. The van der Waals surface area contributed by atoms with Crippen LogP contribution in [-0.2, 0) is 27.9 Å². The number of hydrogen-bond donors (Lipinski definition) is 0. The van der Waals surface area contributed by atoms with Crippen LogP contribution in [-0.4, -0.2) is 70.7 Å². The third-order valence-electron chi connectivity index (χ3n) is 8.83. The van der Waals surface area contributed by atoms with Crippen molar-refractivity contribution in [2.75, 3.05) is 54.1 Å². The van der Waals surface area contributed by atoms with Crippen LogP contribution in [0.1, 0.15) is 162 Å². The van der Waals surface area contributed by atoms with E-state index in [9.17, 15) is 14.3 Å². The van der Waals surface area contributed by atoms with E-state index in [1.165, 1.54) is 70.6 Å². The van der Waals surface area contributed by atoms with Gasteiger partial charge in [0.15, 0.2) is 0 Å². The summed E-state index contributed by atoms with van der Waals surface area (Å²) in [6.07, 6.45) is 46.8. The molecular weight excluding hydrogens is 697 g/mol. The van der Waals surface area contributed by atoms with E-state index in [0.29, 0.717) is 24.1 Å². The second-order valence-electron chi connectivity index (χ2n) is 15.3. The van der Waals surface area contributed by atoms with Gasteiger partial charge in [-0.3, -0.25) is 9.36 Å². The van der Waals surface area contributed by atoms with E-state index < -0.39 is 13.9 Å². The Morgan fingerprint density at radius 3 is 1.61 bits per heavy atom. The van der Waals surface area contributed by atoms with Crippen LogP contribution in [0.4, 0.5) is 0 Å². The van der Waals surface area contributed by atoms with Gasteiger partial charge in [0, 0.05) is 13.0 Å². The van der Waals surface area contributed by atoms with Crippen LogP contribution >= 0.6 is 7.82 Å². The van der Waals surface area contributed by atoms with E-state index >= 15 is 0 Å². The van der Waals surface area contributed by atoms with E-state index in [2.05, 4.69) is 74.6 Å². The van der Waals surface area contributed by atoms with Gasteiger partial charge in [-0.15, -0.1) is 0 Å². The van der Waals surface area contributed by atoms with Gasteiger partial charge < -0.3 is 27.9 Å². The first-order chi connectivity index (χ1) is 26.1. The van der Waals surface area contributed by atoms with E-state index in [1.807, 2.05) is 21.1 Å². The molecule has 0 aliphatic carbocycles. The number of likely N-dealkylation sites (N-methyl/N-ethyl adjacent to an activating group) is 1. The minimum atomic E-state index is -4.52. The van der Waals surface area contributed by atoms with Crippen molar-refractivity contribution in [3.05, 3.63) is 60.8 Å². The van der Waals surface area contributed by atoms with Crippen LogP contribution in [0.15, 0.2) is 60.8 Å². The number of hydrogen-bond acceptors (Lipinski definition) is 7. The fourth-order valence-electron chi connectivity index (χ4n) is 5.51. The van der Waals surface area contributed by atoms with Crippen molar-refractivity contribution < 1.29 is 37.3 Å². The van der Waals surface area contributed by atoms with Gasteiger partial charge in [-0.2, -0.15) is 0 Å². The molecule has 0 N–H and O–H groups in total. The van der Waals surface area contributed by atoms with Gasteiger partial charge in [0.1, 0.15) is 19.3 Å². The zero-order chi connectivity index (χ0) is 39.9. The summed E-state index contributed by atoms with van der Waals surface area (Å²) in [5, 5.41) is 0. The van der Waals surface area contributed by atoms with Gasteiger partial charge in [-0.25, -0.2) is 0 Å². The van der Waals surface area contributed by atoms with Crippen molar-refractivity contribution >= 4 is 13.8 Å². The lowest BCUT2D eigenvalue weighted by Gasteiger charge is -2.28. The Bertz CT molecular complexity index is 1050. The average Bonchev–Trinajstić information content (AvgIpc) is 3.12. The summed E-state index contributed by atoms with van der Waals surface area (Å²) in [6.45, 7) is 5.23. The molecule has 54 heavy (non-hydrogen) atoms. The number of phosphoric acid groups is 1. The molecule has 0 heterocycles. The number of rotatable bonds is 39. The van der Waals surface area contributed by atoms with Crippen LogP contribution in [0.5, 0.6) is 0 Å². The largest absolute Gasteiger partial charge is 0.756 e. The molecule has 0 aromatic rings. The first kappa shape index (κ1) is 52.2. The molecule has 9 heteroatoms.